The maximum absolute atomic E-state index is 13.5. The first-order chi connectivity index (χ1) is 17.4. The number of rotatable bonds is 3. The minimum atomic E-state index is -1.66. The third kappa shape index (κ3) is 3.81. The van der Waals surface area contributed by atoms with Gasteiger partial charge in [-0.05, 0) is 123 Å². The highest BCUT2D eigenvalue weighted by atomic mass is 28.4. The lowest BCUT2D eigenvalue weighted by Gasteiger charge is -2.70. The fourth-order valence-electron chi connectivity index (χ4n) is 10.9. The monoisotopic (exact) mass is 540 g/mol. The number of hydrogen-bond acceptors (Lipinski definition) is 3. The van der Waals surface area contributed by atoms with Gasteiger partial charge in [-0.1, -0.05) is 60.1 Å². The highest BCUT2D eigenvalue weighted by molar-refractivity contribution is 6.70. The van der Waals surface area contributed by atoms with E-state index in [4.69, 9.17) is 9.16 Å². The molecule has 0 spiro atoms. The third-order valence-corrected chi connectivity index (χ3v) is 14.0. The molecule has 0 radical (unpaired) electrons. The van der Waals surface area contributed by atoms with E-state index >= 15 is 0 Å². The van der Waals surface area contributed by atoms with Gasteiger partial charge in [-0.2, -0.15) is 0 Å². The van der Waals surface area contributed by atoms with Crippen LogP contribution in [0.1, 0.15) is 106 Å². The SMILES string of the molecule is COC(=O)C12CCC(C)(C)CC1C1=CCC3C4(C)CC=C(O[Si](C)(C)C)C(C)(C)C4CCC3(C)C1(C)CC2. The second kappa shape index (κ2) is 8.49. The normalized spacial score (nSPS) is 45.3. The lowest BCUT2D eigenvalue weighted by molar-refractivity contribution is -0.181. The van der Waals surface area contributed by atoms with Crippen LogP contribution in [0.4, 0.5) is 0 Å². The zero-order valence-electron chi connectivity index (χ0n) is 26.5. The van der Waals surface area contributed by atoms with Crippen molar-refractivity contribution in [2.75, 3.05) is 7.11 Å². The van der Waals surface area contributed by atoms with Crippen molar-refractivity contribution < 1.29 is 14.0 Å². The van der Waals surface area contributed by atoms with E-state index in [1.165, 1.54) is 18.6 Å². The standard InChI is InChI=1S/C34H56O3Si/c1-29(2)18-20-34(28(35)36-8)21-19-32(6)23(24(34)22-29)12-13-26-31(5)16-15-27(37-38(9,10)11)30(3,4)25(31)14-17-33(26,32)7/h12,15,24-26H,13-14,16-22H2,1-11H3. The maximum Gasteiger partial charge on any atom is 0.312 e. The molecular weight excluding hydrogens is 484 g/mol. The fraction of sp³-hybridized carbons (Fsp3) is 0.853. The number of hydrogen-bond donors (Lipinski definition) is 0. The minimum Gasteiger partial charge on any atom is -0.547 e. The molecule has 3 saturated carbocycles. The van der Waals surface area contributed by atoms with E-state index < -0.39 is 8.32 Å². The van der Waals surface area contributed by atoms with Crippen LogP contribution in [0.2, 0.25) is 19.6 Å². The Morgan fingerprint density at radius 3 is 2.18 bits per heavy atom. The van der Waals surface area contributed by atoms with Gasteiger partial charge in [-0.3, -0.25) is 4.79 Å². The molecule has 7 unspecified atom stereocenters. The van der Waals surface area contributed by atoms with Crippen molar-refractivity contribution in [2.45, 2.75) is 126 Å². The molecule has 4 heteroatoms. The number of fused-ring (bicyclic) bond motifs is 7. The van der Waals surface area contributed by atoms with E-state index in [-0.39, 0.29) is 38.5 Å². The fourth-order valence-corrected chi connectivity index (χ4v) is 11.9. The molecule has 5 aliphatic rings. The Labute approximate surface area is 234 Å². The maximum atomic E-state index is 13.5. The molecule has 0 aromatic rings. The van der Waals surface area contributed by atoms with Crippen molar-refractivity contribution in [3.05, 3.63) is 23.5 Å². The summed E-state index contributed by atoms with van der Waals surface area (Å²) in [5.41, 5.74) is 2.29. The average Bonchev–Trinajstić information content (AvgIpc) is 2.80. The lowest BCUT2D eigenvalue weighted by Crippen LogP contribution is -2.64. The van der Waals surface area contributed by atoms with E-state index in [0.717, 1.165) is 44.9 Å². The molecular formula is C34H56O3Si. The van der Waals surface area contributed by atoms with Gasteiger partial charge in [0.15, 0.2) is 0 Å². The summed E-state index contributed by atoms with van der Waals surface area (Å²) in [4.78, 5) is 13.5. The van der Waals surface area contributed by atoms with Gasteiger partial charge in [-0.15, -0.1) is 0 Å². The zero-order chi connectivity index (χ0) is 28.2. The number of carbonyl (C=O) groups is 1. The zero-order valence-corrected chi connectivity index (χ0v) is 27.5. The van der Waals surface area contributed by atoms with Crippen molar-refractivity contribution in [1.29, 1.82) is 0 Å². The van der Waals surface area contributed by atoms with Gasteiger partial charge in [0.1, 0.15) is 0 Å². The molecule has 0 saturated heterocycles. The first-order valence-electron chi connectivity index (χ1n) is 15.6. The van der Waals surface area contributed by atoms with E-state index in [9.17, 15) is 4.79 Å². The van der Waals surface area contributed by atoms with Gasteiger partial charge >= 0.3 is 5.97 Å². The second-order valence-electron chi connectivity index (χ2n) is 17.1. The van der Waals surface area contributed by atoms with Gasteiger partial charge in [0.2, 0.25) is 8.32 Å². The number of esters is 1. The van der Waals surface area contributed by atoms with E-state index in [2.05, 4.69) is 80.3 Å². The average molecular weight is 541 g/mol. The van der Waals surface area contributed by atoms with Crippen LogP contribution in [-0.2, 0) is 14.0 Å². The first-order valence-corrected chi connectivity index (χ1v) is 19.0. The van der Waals surface area contributed by atoms with E-state index in [1.54, 1.807) is 12.7 Å². The van der Waals surface area contributed by atoms with Crippen molar-refractivity contribution in [1.82, 2.24) is 0 Å². The third-order valence-electron chi connectivity index (χ3n) is 13.1. The molecule has 5 aliphatic carbocycles. The highest BCUT2D eigenvalue weighted by Gasteiger charge is 2.69. The minimum absolute atomic E-state index is 0.0537. The Bertz CT molecular complexity index is 1060. The molecule has 0 aromatic heterocycles. The van der Waals surface area contributed by atoms with Crippen LogP contribution >= 0.6 is 0 Å². The molecule has 5 rings (SSSR count). The second-order valence-corrected chi connectivity index (χ2v) is 21.5. The lowest BCUT2D eigenvalue weighted by atomic mass is 9.34. The van der Waals surface area contributed by atoms with Crippen molar-refractivity contribution in [3.63, 3.8) is 0 Å². The summed E-state index contributed by atoms with van der Waals surface area (Å²) >= 11 is 0. The summed E-state index contributed by atoms with van der Waals surface area (Å²) in [6.07, 6.45) is 15.3. The van der Waals surface area contributed by atoms with Crippen LogP contribution in [0.5, 0.6) is 0 Å². The highest BCUT2D eigenvalue weighted by Crippen LogP contribution is 2.75. The van der Waals surface area contributed by atoms with Gasteiger partial charge in [0.25, 0.3) is 0 Å². The molecule has 0 aromatic carbocycles. The molecule has 3 fully saturated rings. The van der Waals surface area contributed by atoms with Crippen LogP contribution in [0.25, 0.3) is 0 Å². The number of carbonyl (C=O) groups excluding carboxylic acids is 1. The molecule has 0 N–H and O–H groups in total. The molecule has 7 atom stereocenters. The summed E-state index contributed by atoms with van der Waals surface area (Å²) in [6, 6.07) is 0. The number of ether oxygens (including phenoxy) is 1. The van der Waals surface area contributed by atoms with Crippen LogP contribution in [-0.4, -0.2) is 21.4 Å². The van der Waals surface area contributed by atoms with Gasteiger partial charge in [-0.25, -0.2) is 0 Å². The van der Waals surface area contributed by atoms with Crippen molar-refractivity contribution in [3.8, 4) is 0 Å². The topological polar surface area (TPSA) is 35.5 Å². The van der Waals surface area contributed by atoms with Crippen LogP contribution in [0.15, 0.2) is 23.5 Å². The van der Waals surface area contributed by atoms with Crippen LogP contribution < -0.4 is 0 Å². The van der Waals surface area contributed by atoms with Gasteiger partial charge in [0.05, 0.1) is 18.3 Å². The largest absolute Gasteiger partial charge is 0.547 e. The van der Waals surface area contributed by atoms with Crippen LogP contribution in [0, 0.1) is 50.2 Å². The van der Waals surface area contributed by atoms with Crippen molar-refractivity contribution >= 4 is 14.3 Å². The quantitative estimate of drug-likeness (QED) is 0.203. The predicted octanol–water partition coefficient (Wildman–Crippen LogP) is 9.31. The molecule has 0 bridgehead atoms. The van der Waals surface area contributed by atoms with E-state index in [0.29, 0.717) is 17.8 Å². The summed E-state index contributed by atoms with van der Waals surface area (Å²) in [5.74, 6) is 2.92. The molecule has 214 valence electrons. The Balaban J connectivity index is 1.57. The molecule has 0 heterocycles. The summed E-state index contributed by atoms with van der Waals surface area (Å²) in [7, 11) is -0.0567. The first kappa shape index (κ1) is 28.5. The number of allylic oxidation sites excluding steroid dienone is 4. The molecule has 38 heavy (non-hydrogen) atoms. The molecule has 0 aliphatic heterocycles. The molecule has 3 nitrogen and oxygen atoms in total. The smallest absolute Gasteiger partial charge is 0.312 e. The van der Waals surface area contributed by atoms with Gasteiger partial charge < -0.3 is 9.16 Å². The Kier molecular flexibility index (Phi) is 6.37. The Hall–Kier alpha value is -1.03. The number of methoxy groups -OCH3 is 1. The summed E-state index contributed by atoms with van der Waals surface area (Å²) in [6.45, 7) is 24.6. The summed E-state index contributed by atoms with van der Waals surface area (Å²) < 4.78 is 12.3. The van der Waals surface area contributed by atoms with Gasteiger partial charge in [0, 0.05) is 5.41 Å². The van der Waals surface area contributed by atoms with Crippen molar-refractivity contribution in [2.24, 2.45) is 50.2 Å². The predicted molar refractivity (Wildman–Crippen MR) is 159 cm³/mol. The molecule has 0 amide bonds. The van der Waals surface area contributed by atoms with E-state index in [1.807, 2.05) is 0 Å². The van der Waals surface area contributed by atoms with Crippen LogP contribution in [0.3, 0.4) is 0 Å². The summed E-state index contributed by atoms with van der Waals surface area (Å²) in [5, 5.41) is 0. The Morgan fingerprint density at radius 1 is 0.895 bits per heavy atom. The Morgan fingerprint density at radius 2 is 1.55 bits per heavy atom.